The highest BCUT2D eigenvalue weighted by molar-refractivity contribution is 7.19. The van der Waals surface area contributed by atoms with Gasteiger partial charge in [-0.25, -0.2) is 9.97 Å². The lowest BCUT2D eigenvalue weighted by Gasteiger charge is -1.99. The average molecular weight is 331 g/mol. The van der Waals surface area contributed by atoms with Crippen LogP contribution in [-0.2, 0) is 12.8 Å². The molecule has 3 aromatic heterocycles. The number of hydrogen-bond donors (Lipinski definition) is 2. The lowest BCUT2D eigenvalue weighted by atomic mass is 10.2. The average Bonchev–Trinajstić information content (AvgIpc) is 3.20. The van der Waals surface area contributed by atoms with Gasteiger partial charge in [0.05, 0.1) is 5.39 Å². The molecule has 3 aromatic rings. The number of hydrogen-bond acceptors (Lipinski definition) is 6. The normalized spacial score (nSPS) is 13.8. The van der Waals surface area contributed by atoms with Gasteiger partial charge in [0, 0.05) is 18.0 Å². The fraction of sp³-hybridized carbons (Fsp3) is 0.467. The van der Waals surface area contributed by atoms with Gasteiger partial charge >= 0.3 is 0 Å². The summed E-state index contributed by atoms with van der Waals surface area (Å²) in [7, 11) is 0. The van der Waals surface area contributed by atoms with E-state index in [9.17, 15) is 4.79 Å². The lowest BCUT2D eigenvalue weighted by molar-refractivity contribution is 0.0941. The second-order valence-corrected chi connectivity index (χ2v) is 6.78. The van der Waals surface area contributed by atoms with Crippen molar-refractivity contribution in [1.82, 2.24) is 24.9 Å². The van der Waals surface area contributed by atoms with Crippen molar-refractivity contribution in [2.24, 2.45) is 0 Å². The quantitative estimate of drug-likeness (QED) is 0.702. The molecule has 0 unspecified atom stereocenters. The van der Waals surface area contributed by atoms with E-state index in [2.05, 4.69) is 20.4 Å². The summed E-state index contributed by atoms with van der Waals surface area (Å²) in [5.74, 6) is 0.564. The highest BCUT2D eigenvalue weighted by Crippen LogP contribution is 2.38. The molecule has 1 amide bonds. The van der Waals surface area contributed by atoms with E-state index in [-0.39, 0.29) is 18.3 Å². The summed E-state index contributed by atoms with van der Waals surface area (Å²) in [6, 6.07) is 0. The zero-order valence-electron chi connectivity index (χ0n) is 12.8. The fourth-order valence-electron chi connectivity index (χ4n) is 3.05. The van der Waals surface area contributed by atoms with Gasteiger partial charge in [0.1, 0.15) is 10.7 Å². The molecular weight excluding hydrogens is 314 g/mol. The Morgan fingerprint density at radius 3 is 3.09 bits per heavy atom. The summed E-state index contributed by atoms with van der Waals surface area (Å²) < 4.78 is 1.66. The Morgan fingerprint density at radius 1 is 1.39 bits per heavy atom. The second-order valence-electron chi connectivity index (χ2n) is 5.70. The van der Waals surface area contributed by atoms with Crippen molar-refractivity contribution in [2.75, 3.05) is 13.2 Å². The standard InChI is InChI=1S/C15H17N5O2S/c1-8-17-15-11(9-4-2-5-10(9)23-15)13-18-12(19-20(8)13)14(22)16-6-3-7-21/h21H,2-7H2,1H3,(H,16,22). The Kier molecular flexibility index (Phi) is 3.50. The molecule has 0 saturated heterocycles. The number of amides is 1. The first-order chi connectivity index (χ1) is 11.2. The third-order valence-electron chi connectivity index (χ3n) is 4.13. The number of nitrogens with one attached hydrogen (secondary N) is 1. The van der Waals surface area contributed by atoms with E-state index in [4.69, 9.17) is 5.11 Å². The van der Waals surface area contributed by atoms with Gasteiger partial charge in [-0.3, -0.25) is 4.79 Å². The third-order valence-corrected chi connectivity index (χ3v) is 5.31. The van der Waals surface area contributed by atoms with Crippen molar-refractivity contribution in [2.45, 2.75) is 32.6 Å². The van der Waals surface area contributed by atoms with Crippen LogP contribution in [0.5, 0.6) is 0 Å². The number of thiophene rings is 1. The Bertz CT molecular complexity index is 914. The molecule has 0 spiro atoms. The van der Waals surface area contributed by atoms with Gasteiger partial charge in [0.25, 0.3) is 5.91 Å². The number of aryl methyl sites for hydroxylation is 3. The van der Waals surface area contributed by atoms with Crippen LogP contribution in [0.3, 0.4) is 0 Å². The maximum absolute atomic E-state index is 12.2. The third kappa shape index (κ3) is 2.29. The van der Waals surface area contributed by atoms with Crippen LogP contribution < -0.4 is 5.32 Å². The maximum atomic E-state index is 12.2. The van der Waals surface area contributed by atoms with E-state index in [1.807, 2.05) is 6.92 Å². The lowest BCUT2D eigenvalue weighted by Crippen LogP contribution is -2.26. The fourth-order valence-corrected chi connectivity index (χ4v) is 4.35. The summed E-state index contributed by atoms with van der Waals surface area (Å²) in [6.07, 6.45) is 3.83. The summed E-state index contributed by atoms with van der Waals surface area (Å²) in [5.41, 5.74) is 2.04. The number of carbonyl (C=O) groups excluding carboxylic acids is 1. The molecule has 23 heavy (non-hydrogen) atoms. The first-order valence-electron chi connectivity index (χ1n) is 7.75. The zero-order valence-corrected chi connectivity index (χ0v) is 13.6. The van der Waals surface area contributed by atoms with Gasteiger partial charge in [0.15, 0.2) is 5.65 Å². The predicted octanol–water partition coefficient (Wildman–Crippen LogP) is 1.25. The van der Waals surface area contributed by atoms with Crippen LogP contribution in [0.25, 0.3) is 15.9 Å². The van der Waals surface area contributed by atoms with Crippen LogP contribution >= 0.6 is 11.3 Å². The van der Waals surface area contributed by atoms with Crippen molar-refractivity contribution < 1.29 is 9.90 Å². The Morgan fingerprint density at radius 2 is 2.26 bits per heavy atom. The smallest absolute Gasteiger partial charge is 0.290 e. The monoisotopic (exact) mass is 331 g/mol. The first-order valence-corrected chi connectivity index (χ1v) is 8.57. The van der Waals surface area contributed by atoms with E-state index >= 15 is 0 Å². The minimum Gasteiger partial charge on any atom is -0.396 e. The summed E-state index contributed by atoms with van der Waals surface area (Å²) in [6.45, 7) is 2.33. The van der Waals surface area contributed by atoms with Crippen molar-refractivity contribution in [3.05, 3.63) is 22.1 Å². The summed E-state index contributed by atoms with van der Waals surface area (Å²) in [4.78, 5) is 23.6. The molecule has 1 aliphatic carbocycles. The SMILES string of the molecule is Cc1nc2sc3c(c2c2nc(C(=O)NCCCO)nn12)CCC3. The molecular formula is C15H17N5O2S. The van der Waals surface area contributed by atoms with Gasteiger partial charge in [0.2, 0.25) is 5.82 Å². The Hall–Kier alpha value is -2.06. The number of aliphatic hydroxyl groups excluding tert-OH is 1. The van der Waals surface area contributed by atoms with Crippen LogP contribution in [0.15, 0.2) is 0 Å². The van der Waals surface area contributed by atoms with Crippen LogP contribution in [0.2, 0.25) is 0 Å². The Balaban J connectivity index is 1.82. The zero-order chi connectivity index (χ0) is 16.0. The molecule has 4 rings (SSSR count). The molecule has 0 aliphatic heterocycles. The molecule has 1 aliphatic rings. The number of nitrogens with zero attached hydrogens (tertiary/aromatic N) is 4. The molecule has 0 saturated carbocycles. The van der Waals surface area contributed by atoms with Gasteiger partial charge in [-0.2, -0.15) is 4.52 Å². The van der Waals surface area contributed by atoms with E-state index in [1.54, 1.807) is 15.9 Å². The minimum atomic E-state index is -0.318. The van der Waals surface area contributed by atoms with E-state index < -0.39 is 0 Å². The number of fused-ring (bicyclic) bond motifs is 5. The molecule has 120 valence electrons. The van der Waals surface area contributed by atoms with Crippen molar-refractivity contribution in [3.8, 4) is 0 Å². The van der Waals surface area contributed by atoms with Gasteiger partial charge in [-0.05, 0) is 38.2 Å². The van der Waals surface area contributed by atoms with Gasteiger partial charge in [-0.15, -0.1) is 16.4 Å². The molecule has 0 fully saturated rings. The van der Waals surface area contributed by atoms with Crippen molar-refractivity contribution in [3.63, 3.8) is 0 Å². The number of aromatic nitrogens is 4. The van der Waals surface area contributed by atoms with Crippen molar-refractivity contribution >= 4 is 33.1 Å². The topological polar surface area (TPSA) is 92.4 Å². The van der Waals surface area contributed by atoms with Crippen LogP contribution in [0.4, 0.5) is 0 Å². The van der Waals surface area contributed by atoms with E-state index in [0.29, 0.717) is 13.0 Å². The van der Waals surface area contributed by atoms with Crippen LogP contribution in [0, 0.1) is 6.92 Å². The number of aliphatic hydroxyl groups is 1. The first kappa shape index (κ1) is 14.5. The van der Waals surface area contributed by atoms with Crippen LogP contribution in [-0.4, -0.2) is 43.7 Å². The van der Waals surface area contributed by atoms with E-state index in [1.165, 1.54) is 16.9 Å². The van der Waals surface area contributed by atoms with E-state index in [0.717, 1.165) is 34.5 Å². The second kappa shape index (κ2) is 5.54. The molecule has 0 radical (unpaired) electrons. The molecule has 0 atom stereocenters. The van der Waals surface area contributed by atoms with Crippen molar-refractivity contribution in [1.29, 1.82) is 0 Å². The van der Waals surface area contributed by atoms with Gasteiger partial charge < -0.3 is 10.4 Å². The molecule has 3 heterocycles. The highest BCUT2D eigenvalue weighted by atomic mass is 32.1. The van der Waals surface area contributed by atoms with Gasteiger partial charge in [-0.1, -0.05) is 0 Å². The molecule has 8 heteroatoms. The number of carbonyl (C=O) groups is 1. The highest BCUT2D eigenvalue weighted by Gasteiger charge is 2.24. The molecule has 0 bridgehead atoms. The minimum absolute atomic E-state index is 0.0452. The summed E-state index contributed by atoms with van der Waals surface area (Å²) in [5, 5.41) is 16.9. The summed E-state index contributed by atoms with van der Waals surface area (Å²) >= 11 is 1.73. The molecule has 0 aromatic carbocycles. The molecule has 7 nitrogen and oxygen atoms in total. The van der Waals surface area contributed by atoms with Crippen LogP contribution in [0.1, 0.15) is 39.7 Å². The largest absolute Gasteiger partial charge is 0.396 e. The molecule has 2 N–H and O–H groups in total. The number of rotatable bonds is 4. The maximum Gasteiger partial charge on any atom is 0.290 e. The Labute approximate surface area is 136 Å². The predicted molar refractivity (Wildman–Crippen MR) is 87.0 cm³/mol.